The number of benzene rings is 1. The Morgan fingerprint density at radius 1 is 1.33 bits per heavy atom. The second kappa shape index (κ2) is 6.89. The van der Waals surface area contributed by atoms with Gasteiger partial charge in [-0.25, -0.2) is 8.42 Å². The van der Waals surface area contributed by atoms with Crippen molar-refractivity contribution in [2.24, 2.45) is 0 Å². The Morgan fingerprint density at radius 2 is 2.00 bits per heavy atom. The average molecular weight is 457 g/mol. The van der Waals surface area contributed by atoms with Gasteiger partial charge in [0, 0.05) is 3.57 Å². The van der Waals surface area contributed by atoms with Crippen molar-refractivity contribution in [1.82, 2.24) is 10.2 Å². The van der Waals surface area contributed by atoms with Gasteiger partial charge in [0.2, 0.25) is 5.13 Å². The number of carbonyl (C=O) groups is 1. The summed E-state index contributed by atoms with van der Waals surface area (Å²) < 4.78 is 27.9. The van der Waals surface area contributed by atoms with Gasteiger partial charge in [-0.3, -0.25) is 9.52 Å². The summed E-state index contributed by atoms with van der Waals surface area (Å²) in [6, 6.07) is 6.35. The van der Waals surface area contributed by atoms with E-state index in [9.17, 15) is 13.2 Å². The van der Waals surface area contributed by atoms with Gasteiger partial charge in [-0.2, -0.15) is 0 Å². The van der Waals surface area contributed by atoms with Crippen LogP contribution in [0.3, 0.4) is 0 Å². The van der Waals surface area contributed by atoms with Gasteiger partial charge in [0.05, 0.1) is 10.6 Å². The second-order valence-corrected chi connectivity index (χ2v) is 8.74. The molecule has 21 heavy (non-hydrogen) atoms. The summed E-state index contributed by atoms with van der Waals surface area (Å²) in [5.41, 5.74) is 0. The third kappa shape index (κ3) is 4.79. The maximum Gasteiger partial charge on any atom is 0.313 e. The third-order valence-corrected chi connectivity index (χ3v) is 6.23. The lowest BCUT2D eigenvalue weighted by molar-refractivity contribution is -0.133. The highest BCUT2D eigenvalue weighted by molar-refractivity contribution is 14.1. The van der Waals surface area contributed by atoms with E-state index in [0.717, 1.165) is 26.7 Å². The van der Waals surface area contributed by atoms with Gasteiger partial charge in [0.1, 0.15) is 0 Å². The Kier molecular flexibility index (Phi) is 5.40. The molecule has 0 aliphatic carbocycles. The van der Waals surface area contributed by atoms with E-state index in [4.69, 9.17) is 5.11 Å². The Hall–Kier alpha value is -0.920. The molecule has 0 aliphatic rings. The summed E-state index contributed by atoms with van der Waals surface area (Å²) >= 11 is 4.05. The minimum Gasteiger partial charge on any atom is -0.481 e. The van der Waals surface area contributed by atoms with Crippen molar-refractivity contribution in [2.45, 2.75) is 9.24 Å². The fourth-order valence-corrected chi connectivity index (χ4v) is 4.28. The van der Waals surface area contributed by atoms with Crippen LogP contribution in [0.1, 0.15) is 0 Å². The van der Waals surface area contributed by atoms with Crippen molar-refractivity contribution >= 4 is 66.8 Å². The lowest BCUT2D eigenvalue weighted by Crippen LogP contribution is -2.12. The van der Waals surface area contributed by atoms with Crippen LogP contribution in [0.4, 0.5) is 5.13 Å². The fraction of sp³-hybridized carbons (Fsp3) is 0.100. The number of rotatable bonds is 6. The minimum absolute atomic E-state index is 0.0986. The zero-order valence-electron chi connectivity index (χ0n) is 10.2. The van der Waals surface area contributed by atoms with Crippen molar-refractivity contribution in [3.05, 3.63) is 27.8 Å². The van der Waals surface area contributed by atoms with Crippen LogP contribution in [-0.4, -0.2) is 35.4 Å². The smallest absolute Gasteiger partial charge is 0.313 e. The number of aromatic nitrogens is 2. The molecule has 0 aliphatic heterocycles. The Labute approximate surface area is 142 Å². The summed E-state index contributed by atoms with van der Waals surface area (Å²) in [5, 5.41) is 16.1. The first-order valence-electron chi connectivity index (χ1n) is 5.33. The van der Waals surface area contributed by atoms with Crippen LogP contribution in [0.5, 0.6) is 0 Å². The quantitative estimate of drug-likeness (QED) is 0.505. The molecule has 0 bridgehead atoms. The molecule has 1 aromatic carbocycles. The maximum absolute atomic E-state index is 12.1. The highest BCUT2D eigenvalue weighted by atomic mass is 127. The largest absolute Gasteiger partial charge is 0.481 e. The summed E-state index contributed by atoms with van der Waals surface area (Å²) in [6.45, 7) is 0. The summed E-state index contributed by atoms with van der Waals surface area (Å²) in [7, 11) is -3.72. The normalized spacial score (nSPS) is 11.3. The van der Waals surface area contributed by atoms with Crippen LogP contribution < -0.4 is 4.72 Å². The molecular weight excluding hydrogens is 449 g/mol. The summed E-state index contributed by atoms with van der Waals surface area (Å²) in [5.74, 6) is -1.13. The van der Waals surface area contributed by atoms with Gasteiger partial charge in [0.15, 0.2) is 4.34 Å². The number of halogens is 1. The zero-order chi connectivity index (χ0) is 15.5. The van der Waals surface area contributed by atoms with Gasteiger partial charge >= 0.3 is 5.97 Å². The number of hydrogen-bond donors (Lipinski definition) is 2. The topological polar surface area (TPSA) is 109 Å². The van der Waals surface area contributed by atoms with E-state index < -0.39 is 16.0 Å². The molecule has 2 aromatic rings. The van der Waals surface area contributed by atoms with Gasteiger partial charge < -0.3 is 5.11 Å². The Morgan fingerprint density at radius 3 is 2.62 bits per heavy atom. The molecular formula is C10H8IN3O4S3. The number of anilines is 1. The highest BCUT2D eigenvalue weighted by Gasteiger charge is 2.17. The molecule has 0 spiro atoms. The molecule has 2 N–H and O–H groups in total. The number of nitrogens with zero attached hydrogens (tertiary/aromatic N) is 2. The van der Waals surface area contributed by atoms with E-state index >= 15 is 0 Å². The Balaban J connectivity index is 2.10. The molecule has 0 fully saturated rings. The minimum atomic E-state index is -3.72. The van der Waals surface area contributed by atoms with E-state index in [1.165, 1.54) is 12.1 Å². The zero-order valence-corrected chi connectivity index (χ0v) is 14.8. The number of aliphatic carboxylic acids is 1. The van der Waals surface area contributed by atoms with Crippen LogP contribution in [0, 0.1) is 3.57 Å². The first kappa shape index (κ1) is 16.5. The van der Waals surface area contributed by atoms with Crippen molar-refractivity contribution < 1.29 is 18.3 Å². The number of carboxylic acid groups (broad SMARTS) is 1. The van der Waals surface area contributed by atoms with Crippen molar-refractivity contribution in [3.63, 3.8) is 0 Å². The first-order chi connectivity index (χ1) is 9.87. The molecule has 1 aromatic heterocycles. The van der Waals surface area contributed by atoms with Crippen LogP contribution in [0.15, 0.2) is 33.5 Å². The van der Waals surface area contributed by atoms with Crippen LogP contribution in [-0.2, 0) is 14.8 Å². The molecule has 7 nitrogen and oxygen atoms in total. The SMILES string of the molecule is O=C(O)CSc1nnc(NS(=O)(=O)c2ccc(I)cc2)s1. The number of sulfonamides is 1. The van der Waals surface area contributed by atoms with Crippen LogP contribution >= 0.6 is 45.7 Å². The lowest BCUT2D eigenvalue weighted by Gasteiger charge is -2.04. The van der Waals surface area contributed by atoms with Gasteiger partial charge in [-0.05, 0) is 46.9 Å². The van der Waals surface area contributed by atoms with Crippen LogP contribution in [0.25, 0.3) is 0 Å². The molecule has 112 valence electrons. The maximum atomic E-state index is 12.1. The van der Waals surface area contributed by atoms with Crippen molar-refractivity contribution in [1.29, 1.82) is 0 Å². The molecule has 11 heteroatoms. The summed E-state index contributed by atoms with van der Waals surface area (Å²) in [6.07, 6.45) is 0. The fourth-order valence-electron chi connectivity index (χ4n) is 1.22. The lowest BCUT2D eigenvalue weighted by atomic mass is 10.4. The highest BCUT2D eigenvalue weighted by Crippen LogP contribution is 2.27. The van der Waals surface area contributed by atoms with Gasteiger partial charge in [-0.1, -0.05) is 23.1 Å². The molecule has 0 unspecified atom stereocenters. The van der Waals surface area contributed by atoms with Gasteiger partial charge in [0.25, 0.3) is 10.0 Å². The number of nitrogens with one attached hydrogen (secondary N) is 1. The number of carboxylic acids is 1. The first-order valence-corrected chi connectivity index (χ1v) is 9.70. The number of thioether (sulfide) groups is 1. The second-order valence-electron chi connectivity index (χ2n) is 3.61. The third-order valence-electron chi connectivity index (χ3n) is 2.07. The van der Waals surface area contributed by atoms with Crippen molar-refractivity contribution in [2.75, 3.05) is 10.5 Å². The van der Waals surface area contributed by atoms with Crippen LogP contribution in [0.2, 0.25) is 0 Å². The van der Waals surface area contributed by atoms with Crippen molar-refractivity contribution in [3.8, 4) is 0 Å². The molecule has 0 atom stereocenters. The predicted octanol–water partition coefficient (Wildman–Crippen LogP) is 2.12. The van der Waals surface area contributed by atoms with E-state index in [1.54, 1.807) is 12.1 Å². The molecule has 0 radical (unpaired) electrons. The average Bonchev–Trinajstić information content (AvgIpc) is 2.84. The van der Waals surface area contributed by atoms with E-state index in [1.807, 2.05) is 0 Å². The van der Waals surface area contributed by atoms with E-state index in [2.05, 4.69) is 37.5 Å². The molecule has 2 rings (SSSR count). The van der Waals surface area contributed by atoms with Gasteiger partial charge in [-0.15, -0.1) is 10.2 Å². The number of hydrogen-bond acceptors (Lipinski definition) is 7. The molecule has 0 amide bonds. The summed E-state index contributed by atoms with van der Waals surface area (Å²) in [4.78, 5) is 10.6. The van der Waals surface area contributed by atoms with E-state index in [0.29, 0.717) is 4.34 Å². The predicted molar refractivity (Wildman–Crippen MR) is 88.2 cm³/mol. The Bertz CT molecular complexity index is 745. The monoisotopic (exact) mass is 457 g/mol. The molecule has 0 saturated carbocycles. The van der Waals surface area contributed by atoms with E-state index in [-0.39, 0.29) is 15.8 Å². The molecule has 0 saturated heterocycles. The molecule has 1 heterocycles. The standard InChI is InChI=1S/C10H8IN3O4S3/c11-6-1-3-7(4-2-6)21(17,18)14-9-12-13-10(20-9)19-5-8(15)16/h1-4H,5H2,(H,12,14)(H,15,16).